The fourth-order valence-corrected chi connectivity index (χ4v) is 6.24. The molecule has 2 saturated heterocycles. The third-order valence-electron chi connectivity index (χ3n) is 7.13. The molecule has 0 amide bonds. The van der Waals surface area contributed by atoms with Gasteiger partial charge in [-0.25, -0.2) is 18.8 Å². The van der Waals surface area contributed by atoms with E-state index in [4.69, 9.17) is 19.4 Å². The standard InChI is InChI=1S/C27H31N5O4S/c1-37(33,34)23-7-3-2-6-19(23)21-18-24(31-13-16-35-17-14-31)30-26-20(21)9-11-28-27(26)22-10-12-29-32(22)25-8-4-5-15-36-25/h2-3,6-7,9-11,18,25,29H,4-5,8,12-17H2,1H3. The molecule has 9 nitrogen and oxygen atoms in total. The Balaban J connectivity index is 1.56. The Morgan fingerprint density at radius 2 is 1.89 bits per heavy atom. The molecule has 10 heteroatoms. The summed E-state index contributed by atoms with van der Waals surface area (Å²) < 4.78 is 37.2. The number of aromatic nitrogens is 2. The lowest BCUT2D eigenvalue weighted by atomic mass is 10.00. The number of anilines is 1. The van der Waals surface area contributed by atoms with Crippen molar-refractivity contribution in [3.8, 4) is 11.1 Å². The molecule has 1 unspecified atom stereocenters. The molecule has 3 aromatic rings. The Kier molecular flexibility index (Phi) is 6.58. The fourth-order valence-electron chi connectivity index (χ4n) is 5.33. The van der Waals surface area contributed by atoms with Crippen LogP contribution < -0.4 is 10.3 Å². The van der Waals surface area contributed by atoms with E-state index in [1.165, 1.54) is 6.26 Å². The molecular formula is C27H31N5O4S. The molecule has 0 radical (unpaired) electrons. The van der Waals surface area contributed by atoms with E-state index in [9.17, 15) is 8.42 Å². The Morgan fingerprint density at radius 3 is 2.68 bits per heavy atom. The van der Waals surface area contributed by atoms with Crippen LogP contribution in [-0.4, -0.2) is 75.3 Å². The van der Waals surface area contributed by atoms with E-state index < -0.39 is 9.84 Å². The molecule has 194 valence electrons. The van der Waals surface area contributed by atoms with Gasteiger partial charge in [-0.15, -0.1) is 0 Å². The normalized spacial score (nSPS) is 20.9. The van der Waals surface area contributed by atoms with E-state index >= 15 is 0 Å². The van der Waals surface area contributed by atoms with Gasteiger partial charge in [0.05, 0.1) is 23.8 Å². The summed E-state index contributed by atoms with van der Waals surface area (Å²) in [6, 6.07) is 11.1. The Hall–Kier alpha value is -3.05. The van der Waals surface area contributed by atoms with Crippen molar-refractivity contribution >= 4 is 32.3 Å². The summed E-state index contributed by atoms with van der Waals surface area (Å²) in [7, 11) is -3.45. The van der Waals surface area contributed by atoms with Gasteiger partial charge in [-0.05, 0) is 49.1 Å². The number of rotatable bonds is 5. The lowest BCUT2D eigenvalue weighted by molar-refractivity contribution is -0.0746. The van der Waals surface area contributed by atoms with Crippen LogP contribution in [0.25, 0.3) is 27.7 Å². The van der Waals surface area contributed by atoms with Crippen molar-refractivity contribution in [2.24, 2.45) is 0 Å². The SMILES string of the molecule is CS(=O)(=O)c1ccccc1-c1cc(N2CCOCC2)nc2c(C3=CCNN3C3CCCCO3)nccc12. The van der Waals surface area contributed by atoms with Crippen LogP contribution in [0.5, 0.6) is 0 Å². The molecule has 1 atom stereocenters. The molecule has 2 fully saturated rings. The first-order valence-electron chi connectivity index (χ1n) is 12.8. The van der Waals surface area contributed by atoms with E-state index in [1.54, 1.807) is 18.3 Å². The zero-order chi connectivity index (χ0) is 25.4. The van der Waals surface area contributed by atoms with E-state index in [0.717, 1.165) is 59.5 Å². The molecule has 0 spiro atoms. The first-order chi connectivity index (χ1) is 18.0. The van der Waals surface area contributed by atoms with E-state index in [0.29, 0.717) is 43.3 Å². The third kappa shape index (κ3) is 4.70. The van der Waals surface area contributed by atoms with E-state index in [-0.39, 0.29) is 6.23 Å². The van der Waals surface area contributed by atoms with Gasteiger partial charge in [0.15, 0.2) is 9.84 Å². The molecule has 6 rings (SSSR count). The quantitative estimate of drug-likeness (QED) is 0.543. The minimum Gasteiger partial charge on any atom is -0.378 e. The smallest absolute Gasteiger partial charge is 0.176 e. The molecule has 0 aliphatic carbocycles. The molecule has 0 bridgehead atoms. The number of sulfone groups is 1. The first kappa shape index (κ1) is 24.3. The maximum atomic E-state index is 12.8. The lowest BCUT2D eigenvalue weighted by Crippen LogP contribution is -2.43. The molecule has 5 heterocycles. The third-order valence-corrected chi connectivity index (χ3v) is 8.28. The predicted octanol–water partition coefficient (Wildman–Crippen LogP) is 3.22. The second-order valence-electron chi connectivity index (χ2n) is 9.59. The summed E-state index contributed by atoms with van der Waals surface area (Å²) in [4.78, 5) is 12.4. The lowest BCUT2D eigenvalue weighted by Gasteiger charge is -2.34. The van der Waals surface area contributed by atoms with Crippen LogP contribution in [0.1, 0.15) is 25.0 Å². The molecule has 1 N–H and O–H groups in total. The number of hydrogen-bond donors (Lipinski definition) is 1. The number of hydrogen-bond acceptors (Lipinski definition) is 9. The number of hydrazine groups is 1. The largest absolute Gasteiger partial charge is 0.378 e. The van der Waals surface area contributed by atoms with Crippen molar-refractivity contribution in [1.29, 1.82) is 0 Å². The number of morpholine rings is 1. The summed E-state index contributed by atoms with van der Waals surface area (Å²) >= 11 is 0. The summed E-state index contributed by atoms with van der Waals surface area (Å²) in [5.74, 6) is 0.787. The van der Waals surface area contributed by atoms with Gasteiger partial charge in [0.1, 0.15) is 23.3 Å². The van der Waals surface area contributed by atoms with Crippen molar-refractivity contribution in [3.05, 3.63) is 54.4 Å². The van der Waals surface area contributed by atoms with Crippen LogP contribution in [0.4, 0.5) is 5.82 Å². The van der Waals surface area contributed by atoms with Gasteiger partial charge in [0, 0.05) is 49.6 Å². The molecular weight excluding hydrogens is 490 g/mol. The fraction of sp³-hybridized carbons (Fsp3) is 0.407. The number of pyridine rings is 2. The number of benzene rings is 1. The highest BCUT2D eigenvalue weighted by Crippen LogP contribution is 2.38. The summed E-state index contributed by atoms with van der Waals surface area (Å²) in [5, 5.41) is 2.93. The van der Waals surface area contributed by atoms with Crippen molar-refractivity contribution in [1.82, 2.24) is 20.4 Å². The Labute approximate surface area is 217 Å². The number of fused-ring (bicyclic) bond motifs is 1. The number of nitrogens with zero attached hydrogens (tertiary/aromatic N) is 4. The molecule has 2 aromatic heterocycles. The Bertz CT molecular complexity index is 1450. The summed E-state index contributed by atoms with van der Waals surface area (Å²) in [6.45, 7) is 4.10. The minimum atomic E-state index is -3.45. The van der Waals surface area contributed by atoms with Gasteiger partial charge in [0.25, 0.3) is 0 Å². The zero-order valence-electron chi connectivity index (χ0n) is 20.9. The molecule has 37 heavy (non-hydrogen) atoms. The van der Waals surface area contributed by atoms with Crippen LogP contribution in [-0.2, 0) is 19.3 Å². The second-order valence-corrected chi connectivity index (χ2v) is 11.6. The van der Waals surface area contributed by atoms with Crippen LogP contribution in [0.3, 0.4) is 0 Å². The number of ether oxygens (including phenoxy) is 2. The average molecular weight is 522 g/mol. The first-order valence-corrected chi connectivity index (χ1v) is 14.7. The van der Waals surface area contributed by atoms with Crippen LogP contribution >= 0.6 is 0 Å². The topological polar surface area (TPSA) is 96.9 Å². The van der Waals surface area contributed by atoms with Crippen LogP contribution in [0.15, 0.2) is 53.6 Å². The molecule has 3 aliphatic heterocycles. The number of nitrogens with one attached hydrogen (secondary N) is 1. The second kappa shape index (κ2) is 10.0. The highest BCUT2D eigenvalue weighted by atomic mass is 32.2. The van der Waals surface area contributed by atoms with Gasteiger partial charge in [0.2, 0.25) is 0 Å². The molecule has 1 aromatic carbocycles. The molecule has 3 aliphatic rings. The maximum Gasteiger partial charge on any atom is 0.176 e. The highest BCUT2D eigenvalue weighted by molar-refractivity contribution is 7.90. The average Bonchev–Trinajstić information content (AvgIpc) is 3.42. The van der Waals surface area contributed by atoms with Gasteiger partial charge < -0.3 is 14.4 Å². The zero-order valence-corrected chi connectivity index (χ0v) is 21.7. The van der Waals surface area contributed by atoms with Crippen molar-refractivity contribution in [2.45, 2.75) is 30.4 Å². The van der Waals surface area contributed by atoms with Crippen molar-refractivity contribution < 1.29 is 17.9 Å². The van der Waals surface area contributed by atoms with Gasteiger partial charge >= 0.3 is 0 Å². The maximum absolute atomic E-state index is 12.8. The Morgan fingerprint density at radius 1 is 1.05 bits per heavy atom. The molecule has 0 saturated carbocycles. The van der Waals surface area contributed by atoms with Gasteiger partial charge in [-0.1, -0.05) is 18.2 Å². The predicted molar refractivity (Wildman–Crippen MR) is 143 cm³/mol. The van der Waals surface area contributed by atoms with E-state index in [2.05, 4.69) is 21.4 Å². The van der Waals surface area contributed by atoms with Crippen LogP contribution in [0, 0.1) is 0 Å². The van der Waals surface area contributed by atoms with E-state index in [1.807, 2.05) is 24.3 Å². The summed E-state index contributed by atoms with van der Waals surface area (Å²) in [6.07, 6.45) is 8.21. The summed E-state index contributed by atoms with van der Waals surface area (Å²) in [5.41, 5.74) is 7.35. The highest BCUT2D eigenvalue weighted by Gasteiger charge is 2.30. The van der Waals surface area contributed by atoms with Gasteiger partial charge in [-0.2, -0.15) is 0 Å². The van der Waals surface area contributed by atoms with Crippen molar-refractivity contribution in [2.75, 3.05) is 50.6 Å². The van der Waals surface area contributed by atoms with Crippen LogP contribution in [0.2, 0.25) is 0 Å². The van der Waals surface area contributed by atoms with Crippen molar-refractivity contribution in [3.63, 3.8) is 0 Å². The minimum absolute atomic E-state index is 0.0626. The van der Waals surface area contributed by atoms with Gasteiger partial charge in [-0.3, -0.25) is 9.99 Å². The monoisotopic (exact) mass is 521 g/mol.